The van der Waals surface area contributed by atoms with Crippen LogP contribution in [0, 0.1) is 5.92 Å². The quantitative estimate of drug-likeness (QED) is 0.522. The zero-order valence-corrected chi connectivity index (χ0v) is 12.8. The third kappa shape index (κ3) is 4.62. The molecule has 0 aliphatic heterocycles. The average molecular weight is 302 g/mol. The maximum atomic E-state index is 12.1. The molecule has 1 amide bonds. The van der Waals surface area contributed by atoms with E-state index in [4.69, 9.17) is 10.5 Å². The van der Waals surface area contributed by atoms with Crippen LogP contribution in [0.4, 0.5) is 10.9 Å². The van der Waals surface area contributed by atoms with E-state index in [0.29, 0.717) is 23.2 Å². The zero-order valence-electron chi connectivity index (χ0n) is 12.0. The lowest BCUT2D eigenvalue weighted by molar-refractivity contribution is 0.0901. The predicted octanol–water partition coefficient (Wildman–Crippen LogP) is 0.530. The van der Waals surface area contributed by atoms with Crippen LogP contribution in [0.3, 0.4) is 0 Å². The molecular formula is C12H22N4O3S. The molecule has 0 saturated heterocycles. The summed E-state index contributed by atoms with van der Waals surface area (Å²) in [5.41, 5.74) is 5.74. The number of aromatic nitrogens is 1. The highest BCUT2D eigenvalue weighted by molar-refractivity contribution is 7.18. The molecule has 0 radical (unpaired) electrons. The van der Waals surface area contributed by atoms with Crippen LogP contribution in [0.2, 0.25) is 0 Å². The lowest BCUT2D eigenvalue weighted by Crippen LogP contribution is -2.41. The van der Waals surface area contributed by atoms with Gasteiger partial charge >= 0.3 is 0 Å². The number of ether oxygens (including phenoxy) is 1. The fourth-order valence-corrected chi connectivity index (χ4v) is 2.30. The third-order valence-corrected chi connectivity index (χ3v) is 3.79. The number of carbonyl (C=O) groups is 1. The molecule has 0 aliphatic carbocycles. The van der Waals surface area contributed by atoms with Crippen molar-refractivity contribution in [2.75, 3.05) is 37.9 Å². The van der Waals surface area contributed by atoms with E-state index >= 15 is 0 Å². The highest BCUT2D eigenvalue weighted by Crippen LogP contribution is 2.24. The summed E-state index contributed by atoms with van der Waals surface area (Å²) in [4.78, 5) is 16.5. The number of nitrogens with two attached hydrogens (primary N) is 1. The highest BCUT2D eigenvalue weighted by Gasteiger charge is 2.20. The second-order valence-electron chi connectivity index (χ2n) is 4.66. The van der Waals surface area contributed by atoms with Crippen molar-refractivity contribution in [1.29, 1.82) is 0 Å². The standard InChI is InChI=1S/C12H22N4O3S/c1-7(2)8(6-17)15-11(18)9-10(13)16-12(20-9)14-4-5-19-3/h7-8,17H,4-6,13H2,1-3H3,(H,14,16)(H,15,18)/t8-/m1/s1. The van der Waals surface area contributed by atoms with E-state index in [1.54, 1.807) is 7.11 Å². The van der Waals surface area contributed by atoms with E-state index < -0.39 is 0 Å². The van der Waals surface area contributed by atoms with Crippen LogP contribution >= 0.6 is 11.3 Å². The predicted molar refractivity (Wildman–Crippen MR) is 80.1 cm³/mol. The van der Waals surface area contributed by atoms with Crippen molar-refractivity contribution in [1.82, 2.24) is 10.3 Å². The summed E-state index contributed by atoms with van der Waals surface area (Å²) < 4.78 is 4.92. The second-order valence-corrected chi connectivity index (χ2v) is 5.66. The normalized spacial score (nSPS) is 12.4. The molecule has 1 atom stereocenters. The molecule has 114 valence electrons. The number of amides is 1. The van der Waals surface area contributed by atoms with Gasteiger partial charge in [-0.25, -0.2) is 4.98 Å². The Labute approximate surface area is 122 Å². The summed E-state index contributed by atoms with van der Waals surface area (Å²) in [7, 11) is 1.61. The fraction of sp³-hybridized carbons (Fsp3) is 0.667. The molecule has 20 heavy (non-hydrogen) atoms. The van der Waals surface area contributed by atoms with Crippen LogP contribution in [-0.2, 0) is 4.74 Å². The maximum Gasteiger partial charge on any atom is 0.265 e. The zero-order chi connectivity index (χ0) is 15.1. The number of aliphatic hydroxyl groups is 1. The van der Waals surface area contributed by atoms with Crippen LogP contribution in [-0.4, -0.2) is 48.9 Å². The van der Waals surface area contributed by atoms with Crippen LogP contribution in [0.25, 0.3) is 0 Å². The molecule has 0 unspecified atom stereocenters. The molecule has 1 rings (SSSR count). The van der Waals surface area contributed by atoms with Crippen molar-refractivity contribution in [3.05, 3.63) is 4.88 Å². The van der Waals surface area contributed by atoms with Gasteiger partial charge in [0.1, 0.15) is 10.7 Å². The summed E-state index contributed by atoms with van der Waals surface area (Å²) in [6.07, 6.45) is 0. The van der Waals surface area contributed by atoms with Gasteiger partial charge < -0.3 is 26.2 Å². The number of carbonyl (C=O) groups excluding carboxylic acids is 1. The van der Waals surface area contributed by atoms with Crippen LogP contribution in [0.1, 0.15) is 23.5 Å². The van der Waals surface area contributed by atoms with E-state index in [1.807, 2.05) is 13.8 Å². The second kappa shape index (κ2) is 8.03. The maximum absolute atomic E-state index is 12.1. The highest BCUT2D eigenvalue weighted by atomic mass is 32.1. The lowest BCUT2D eigenvalue weighted by atomic mass is 10.1. The summed E-state index contributed by atoms with van der Waals surface area (Å²) in [5, 5.41) is 15.6. The SMILES string of the molecule is COCCNc1nc(N)c(C(=O)N[C@H](CO)C(C)C)s1. The van der Waals surface area contributed by atoms with Crippen molar-refractivity contribution in [2.45, 2.75) is 19.9 Å². The van der Waals surface area contributed by atoms with Crippen LogP contribution in [0.15, 0.2) is 0 Å². The molecule has 1 heterocycles. The molecule has 0 fully saturated rings. The number of nitrogen functional groups attached to an aromatic ring is 1. The van der Waals surface area contributed by atoms with E-state index in [0.717, 1.165) is 0 Å². The number of anilines is 2. The van der Waals surface area contributed by atoms with Crippen LogP contribution in [0.5, 0.6) is 0 Å². The number of nitrogens with zero attached hydrogens (tertiary/aromatic N) is 1. The topological polar surface area (TPSA) is 110 Å². The Morgan fingerprint density at radius 1 is 1.55 bits per heavy atom. The molecule has 5 N–H and O–H groups in total. The first-order chi connectivity index (χ1) is 9.49. The van der Waals surface area contributed by atoms with Gasteiger partial charge in [-0.1, -0.05) is 25.2 Å². The Hall–Kier alpha value is -1.38. The molecule has 0 bridgehead atoms. The minimum Gasteiger partial charge on any atom is -0.394 e. The molecule has 7 nitrogen and oxygen atoms in total. The van der Waals surface area contributed by atoms with Gasteiger partial charge in [0.15, 0.2) is 5.13 Å². The lowest BCUT2D eigenvalue weighted by Gasteiger charge is -2.19. The molecule has 0 aliphatic rings. The Kier molecular flexibility index (Phi) is 6.69. The fourth-order valence-electron chi connectivity index (χ4n) is 1.49. The van der Waals surface area contributed by atoms with Gasteiger partial charge in [0.05, 0.1) is 19.3 Å². The smallest absolute Gasteiger partial charge is 0.265 e. The number of hydrogen-bond acceptors (Lipinski definition) is 7. The summed E-state index contributed by atoms with van der Waals surface area (Å²) in [5.74, 6) is 0.0119. The van der Waals surface area contributed by atoms with Gasteiger partial charge in [-0.3, -0.25) is 4.79 Å². The van der Waals surface area contributed by atoms with Crippen molar-refractivity contribution < 1.29 is 14.6 Å². The minimum absolute atomic E-state index is 0.110. The van der Waals surface area contributed by atoms with Crippen molar-refractivity contribution in [3.63, 3.8) is 0 Å². The third-order valence-electron chi connectivity index (χ3n) is 2.76. The van der Waals surface area contributed by atoms with E-state index in [-0.39, 0.29) is 30.3 Å². The van der Waals surface area contributed by atoms with Gasteiger partial charge in [0.2, 0.25) is 0 Å². The van der Waals surface area contributed by atoms with E-state index in [9.17, 15) is 9.90 Å². The number of hydrogen-bond donors (Lipinski definition) is 4. The number of aliphatic hydroxyl groups excluding tert-OH is 1. The van der Waals surface area contributed by atoms with E-state index in [1.165, 1.54) is 11.3 Å². The number of rotatable bonds is 8. The summed E-state index contributed by atoms with van der Waals surface area (Å²) in [6.45, 7) is 4.88. The van der Waals surface area contributed by atoms with Gasteiger partial charge in [0, 0.05) is 13.7 Å². The summed E-state index contributed by atoms with van der Waals surface area (Å²) >= 11 is 1.19. The average Bonchev–Trinajstić information content (AvgIpc) is 2.77. The van der Waals surface area contributed by atoms with Gasteiger partial charge in [-0.2, -0.15) is 0 Å². The molecular weight excluding hydrogens is 280 g/mol. The van der Waals surface area contributed by atoms with Gasteiger partial charge in [0.25, 0.3) is 5.91 Å². The Morgan fingerprint density at radius 2 is 2.25 bits per heavy atom. The van der Waals surface area contributed by atoms with Gasteiger partial charge in [-0.15, -0.1) is 0 Å². The Morgan fingerprint density at radius 3 is 2.80 bits per heavy atom. The minimum atomic E-state index is -0.312. The number of nitrogens with one attached hydrogen (secondary N) is 2. The largest absolute Gasteiger partial charge is 0.394 e. The number of methoxy groups -OCH3 is 1. The molecule has 8 heteroatoms. The Bertz CT molecular complexity index is 436. The molecule has 0 spiro atoms. The molecule has 0 saturated carbocycles. The van der Waals surface area contributed by atoms with Gasteiger partial charge in [-0.05, 0) is 5.92 Å². The van der Waals surface area contributed by atoms with E-state index in [2.05, 4.69) is 15.6 Å². The molecule has 0 aromatic carbocycles. The Balaban J connectivity index is 2.68. The first kappa shape index (κ1) is 16.7. The van der Waals surface area contributed by atoms with Crippen molar-refractivity contribution in [3.8, 4) is 0 Å². The first-order valence-electron chi connectivity index (χ1n) is 6.40. The van der Waals surface area contributed by atoms with Crippen molar-refractivity contribution in [2.24, 2.45) is 5.92 Å². The number of thiazole rings is 1. The molecule has 1 aromatic heterocycles. The molecule has 1 aromatic rings. The van der Waals surface area contributed by atoms with Crippen molar-refractivity contribution >= 4 is 28.2 Å². The summed E-state index contributed by atoms with van der Waals surface area (Å²) in [6, 6.07) is -0.297. The van der Waals surface area contributed by atoms with Crippen LogP contribution < -0.4 is 16.4 Å². The first-order valence-corrected chi connectivity index (χ1v) is 7.22. The monoisotopic (exact) mass is 302 g/mol.